The average Bonchev–Trinajstić information content (AvgIpc) is 3.33. The van der Waals surface area contributed by atoms with Gasteiger partial charge < -0.3 is 14.5 Å². The molecule has 0 saturated carbocycles. The molecule has 4 rings (SSSR count). The van der Waals surface area contributed by atoms with Gasteiger partial charge in [0, 0.05) is 30.4 Å². The predicted molar refractivity (Wildman–Crippen MR) is 103 cm³/mol. The lowest BCUT2D eigenvalue weighted by Gasteiger charge is -2.12. The van der Waals surface area contributed by atoms with Gasteiger partial charge in [0.2, 0.25) is 0 Å². The van der Waals surface area contributed by atoms with E-state index in [0.717, 1.165) is 11.3 Å². The van der Waals surface area contributed by atoms with E-state index in [1.54, 1.807) is 17.1 Å². The van der Waals surface area contributed by atoms with E-state index in [1.165, 1.54) is 20.3 Å². The largest absolute Gasteiger partial charge is 0.494 e. The number of aryl methyl sites for hydroxylation is 2. The summed E-state index contributed by atoms with van der Waals surface area (Å²) in [5.74, 6) is -1.60. The molecule has 0 atom stereocenters. The first-order valence-corrected chi connectivity index (χ1v) is 8.92. The molecule has 0 aliphatic rings. The van der Waals surface area contributed by atoms with Crippen molar-refractivity contribution in [2.75, 3.05) is 14.2 Å². The summed E-state index contributed by atoms with van der Waals surface area (Å²) >= 11 is 0. The van der Waals surface area contributed by atoms with E-state index in [4.69, 9.17) is 9.47 Å². The molecule has 4 aromatic rings. The Morgan fingerprint density at radius 3 is 2.38 bits per heavy atom. The van der Waals surface area contributed by atoms with E-state index in [2.05, 4.69) is 20.1 Å². The molecule has 0 radical (unpaired) electrons. The first-order chi connectivity index (χ1) is 14.0. The Balaban J connectivity index is 1.60. The van der Waals surface area contributed by atoms with Gasteiger partial charge in [-0.1, -0.05) is 0 Å². The van der Waals surface area contributed by atoms with E-state index >= 15 is 0 Å². The number of aromatic amines is 1. The van der Waals surface area contributed by atoms with Crippen LogP contribution in [0.15, 0.2) is 30.7 Å². The van der Waals surface area contributed by atoms with Crippen LogP contribution in [0.3, 0.4) is 0 Å². The first-order valence-electron chi connectivity index (χ1n) is 8.92. The number of nitrogens with one attached hydrogen (secondary N) is 1. The normalized spacial score (nSPS) is 11.2. The predicted octanol–water partition coefficient (Wildman–Crippen LogP) is 3.44. The summed E-state index contributed by atoms with van der Waals surface area (Å²) in [7, 11) is 4.49. The molecule has 0 unspecified atom stereocenters. The topological polar surface area (TPSA) is 77.9 Å². The summed E-state index contributed by atoms with van der Waals surface area (Å²) in [6.45, 7) is 0. The number of methoxy groups -OCH3 is 2. The van der Waals surface area contributed by atoms with Gasteiger partial charge in [0.25, 0.3) is 0 Å². The molecule has 29 heavy (non-hydrogen) atoms. The third-order valence-electron chi connectivity index (χ3n) is 4.70. The Morgan fingerprint density at radius 2 is 1.76 bits per heavy atom. The minimum absolute atomic E-state index is 0.0634. The molecule has 0 aliphatic heterocycles. The van der Waals surface area contributed by atoms with E-state index in [-0.39, 0.29) is 23.5 Å². The van der Waals surface area contributed by atoms with Crippen LogP contribution in [0, 0.1) is 11.6 Å². The number of fused-ring (bicyclic) bond motifs is 1. The summed E-state index contributed by atoms with van der Waals surface area (Å²) in [6, 6.07) is 3.07. The van der Waals surface area contributed by atoms with Crippen LogP contribution < -0.4 is 9.47 Å². The Morgan fingerprint density at radius 1 is 1.03 bits per heavy atom. The van der Waals surface area contributed by atoms with Crippen LogP contribution in [0.25, 0.3) is 22.4 Å². The van der Waals surface area contributed by atoms with Crippen molar-refractivity contribution in [2.45, 2.75) is 12.8 Å². The second-order valence-electron chi connectivity index (χ2n) is 6.57. The van der Waals surface area contributed by atoms with Gasteiger partial charge in [-0.25, -0.2) is 18.7 Å². The highest BCUT2D eigenvalue weighted by Crippen LogP contribution is 2.32. The number of hydrogen-bond donors (Lipinski definition) is 1. The molecule has 0 saturated heterocycles. The third-order valence-corrected chi connectivity index (χ3v) is 4.70. The van der Waals surface area contributed by atoms with Crippen molar-refractivity contribution in [3.63, 3.8) is 0 Å². The van der Waals surface area contributed by atoms with Gasteiger partial charge in [-0.15, -0.1) is 0 Å². The Kier molecular flexibility index (Phi) is 4.87. The minimum Gasteiger partial charge on any atom is -0.494 e. The van der Waals surface area contributed by atoms with Crippen LogP contribution in [-0.2, 0) is 19.9 Å². The average molecular weight is 399 g/mol. The lowest BCUT2D eigenvalue weighted by molar-refractivity contribution is 0.353. The highest BCUT2D eigenvalue weighted by molar-refractivity contribution is 5.79. The monoisotopic (exact) mass is 399 g/mol. The maximum absolute atomic E-state index is 14.5. The number of nitrogens with zero attached hydrogens (tertiary/aromatic N) is 4. The van der Waals surface area contributed by atoms with Crippen LogP contribution in [0.4, 0.5) is 8.78 Å². The summed E-state index contributed by atoms with van der Waals surface area (Å²) in [5.41, 5.74) is 3.59. The van der Waals surface area contributed by atoms with Gasteiger partial charge in [-0.05, 0) is 18.9 Å². The van der Waals surface area contributed by atoms with Crippen molar-refractivity contribution >= 4 is 11.2 Å². The number of hydrogen-bond acceptors (Lipinski definition) is 5. The van der Waals surface area contributed by atoms with E-state index in [0.29, 0.717) is 23.3 Å². The smallest absolute Gasteiger partial charge is 0.171 e. The molecular formula is C20H19F2N5O2. The van der Waals surface area contributed by atoms with Gasteiger partial charge in [0.15, 0.2) is 28.8 Å². The Bertz CT molecular complexity index is 1160. The highest BCUT2D eigenvalue weighted by atomic mass is 19.1. The van der Waals surface area contributed by atoms with Crippen molar-refractivity contribution in [3.8, 4) is 22.8 Å². The molecule has 3 aromatic heterocycles. The lowest BCUT2D eigenvalue weighted by Crippen LogP contribution is -2.05. The summed E-state index contributed by atoms with van der Waals surface area (Å²) < 4.78 is 40.7. The van der Waals surface area contributed by atoms with Gasteiger partial charge in [0.05, 0.1) is 38.0 Å². The van der Waals surface area contributed by atoms with Crippen LogP contribution >= 0.6 is 0 Å². The molecule has 9 heteroatoms. The van der Waals surface area contributed by atoms with Gasteiger partial charge >= 0.3 is 0 Å². The molecule has 0 bridgehead atoms. The lowest BCUT2D eigenvalue weighted by atomic mass is 10.1. The Hall–Kier alpha value is -3.49. The molecule has 0 aliphatic carbocycles. The fourth-order valence-electron chi connectivity index (χ4n) is 3.18. The van der Waals surface area contributed by atoms with Crippen molar-refractivity contribution in [3.05, 3.63) is 53.6 Å². The maximum Gasteiger partial charge on any atom is 0.171 e. The standard InChI is InChI=1S/C20H19F2N5O2/c1-27-10-11(8-24-27)14-6-15-20(26-14)23-9-12(25-15)4-5-13-18(21)16(28-2)7-17(29-3)19(13)22/h6-10H,4-5H2,1-3H3,(H,23,26). The van der Waals surface area contributed by atoms with Crippen molar-refractivity contribution in [1.82, 2.24) is 24.7 Å². The number of benzene rings is 1. The first kappa shape index (κ1) is 18.9. The quantitative estimate of drug-likeness (QED) is 0.537. The fraction of sp³-hybridized carbons (Fsp3) is 0.250. The highest BCUT2D eigenvalue weighted by Gasteiger charge is 2.20. The van der Waals surface area contributed by atoms with Crippen LogP contribution in [0.1, 0.15) is 11.3 Å². The molecular weight excluding hydrogens is 380 g/mol. The second kappa shape index (κ2) is 7.50. The van der Waals surface area contributed by atoms with Crippen LogP contribution in [-0.4, -0.2) is 39.0 Å². The Labute approximate surface area is 165 Å². The molecule has 150 valence electrons. The summed E-state index contributed by atoms with van der Waals surface area (Å²) in [4.78, 5) is 12.1. The second-order valence-corrected chi connectivity index (χ2v) is 6.57. The number of halogens is 2. The maximum atomic E-state index is 14.5. The number of ether oxygens (including phenoxy) is 2. The van der Waals surface area contributed by atoms with Crippen molar-refractivity contribution < 1.29 is 18.3 Å². The van der Waals surface area contributed by atoms with Gasteiger partial charge in [-0.2, -0.15) is 5.10 Å². The van der Waals surface area contributed by atoms with Crippen molar-refractivity contribution in [1.29, 1.82) is 0 Å². The molecule has 0 spiro atoms. The van der Waals surface area contributed by atoms with E-state index in [1.807, 2.05) is 19.3 Å². The molecule has 0 fully saturated rings. The van der Waals surface area contributed by atoms with Crippen molar-refractivity contribution in [2.24, 2.45) is 7.05 Å². The zero-order valence-corrected chi connectivity index (χ0v) is 16.2. The molecule has 3 heterocycles. The molecule has 7 nitrogen and oxygen atoms in total. The third kappa shape index (κ3) is 3.51. The zero-order chi connectivity index (χ0) is 20.5. The van der Waals surface area contributed by atoms with Gasteiger partial charge in [0.1, 0.15) is 5.52 Å². The number of H-pyrrole nitrogens is 1. The van der Waals surface area contributed by atoms with E-state index < -0.39 is 11.6 Å². The molecule has 1 N–H and O–H groups in total. The molecule has 1 aromatic carbocycles. The zero-order valence-electron chi connectivity index (χ0n) is 16.2. The summed E-state index contributed by atoms with van der Waals surface area (Å²) in [6.07, 6.45) is 5.62. The van der Waals surface area contributed by atoms with Crippen LogP contribution in [0.2, 0.25) is 0 Å². The SMILES string of the molecule is COc1cc(OC)c(F)c(CCc2cnc3[nH]c(-c4cnn(C)c4)cc3n2)c1F. The number of aromatic nitrogens is 5. The fourth-order valence-corrected chi connectivity index (χ4v) is 3.18. The number of rotatable bonds is 6. The van der Waals surface area contributed by atoms with E-state index in [9.17, 15) is 8.78 Å². The molecule has 0 amide bonds. The minimum atomic E-state index is -0.736. The van der Waals surface area contributed by atoms with Gasteiger partial charge in [-0.3, -0.25) is 4.68 Å². The summed E-state index contributed by atoms with van der Waals surface area (Å²) in [5, 5.41) is 4.15. The van der Waals surface area contributed by atoms with Crippen LogP contribution in [0.5, 0.6) is 11.5 Å².